The highest BCUT2D eigenvalue weighted by Gasteiger charge is 2.22. The van der Waals surface area contributed by atoms with E-state index in [-0.39, 0.29) is 12.1 Å². The lowest BCUT2D eigenvalue weighted by Gasteiger charge is -2.35. The van der Waals surface area contributed by atoms with Crippen LogP contribution < -0.4 is 10.2 Å². The summed E-state index contributed by atoms with van der Waals surface area (Å²) in [4.78, 5) is 20.9. The molecule has 134 valence electrons. The summed E-state index contributed by atoms with van der Waals surface area (Å²) in [5, 5.41) is 7.36. The van der Waals surface area contributed by atoms with Crippen molar-refractivity contribution in [1.29, 1.82) is 0 Å². The Balaban J connectivity index is 1.56. The van der Waals surface area contributed by atoms with Gasteiger partial charge in [0.05, 0.1) is 24.1 Å². The summed E-state index contributed by atoms with van der Waals surface area (Å²) < 4.78 is 1.90. The Labute approximate surface area is 148 Å². The van der Waals surface area contributed by atoms with Crippen LogP contribution in [-0.4, -0.2) is 51.9 Å². The predicted molar refractivity (Wildman–Crippen MR) is 98.9 cm³/mol. The van der Waals surface area contributed by atoms with E-state index in [1.165, 1.54) is 0 Å². The number of carbonyl (C=O) groups is 1. The Kier molecular flexibility index (Phi) is 5.53. The van der Waals surface area contributed by atoms with Crippen LogP contribution in [0.2, 0.25) is 0 Å². The maximum Gasteiger partial charge on any atom is 0.323 e. The standard InChI is InChI=1S/C18H26N6O/c1-3-5-15(2)24-17(7-9-20-24)21-18(25)23-12-10-22(11-13-23)16-6-4-8-19-14-16/h4,6-9,14-15H,3,5,10-13H2,1-2H3,(H,21,25)/t15-/m0/s1. The zero-order chi connectivity index (χ0) is 17.6. The van der Waals surface area contributed by atoms with Gasteiger partial charge in [0.1, 0.15) is 5.82 Å². The highest BCUT2D eigenvalue weighted by atomic mass is 16.2. The molecule has 1 fully saturated rings. The molecule has 0 spiro atoms. The van der Waals surface area contributed by atoms with E-state index in [1.54, 1.807) is 12.4 Å². The monoisotopic (exact) mass is 342 g/mol. The number of amides is 2. The summed E-state index contributed by atoms with van der Waals surface area (Å²) in [6.07, 6.45) is 7.50. The molecule has 0 bridgehead atoms. The van der Waals surface area contributed by atoms with Crippen LogP contribution in [0, 0.1) is 0 Å². The molecule has 1 aliphatic heterocycles. The zero-order valence-electron chi connectivity index (χ0n) is 14.9. The van der Waals surface area contributed by atoms with Crippen molar-refractivity contribution in [1.82, 2.24) is 19.7 Å². The minimum absolute atomic E-state index is 0.0590. The Morgan fingerprint density at radius 3 is 2.72 bits per heavy atom. The summed E-state index contributed by atoms with van der Waals surface area (Å²) in [7, 11) is 0. The van der Waals surface area contributed by atoms with E-state index in [9.17, 15) is 4.79 Å². The molecule has 3 heterocycles. The van der Waals surface area contributed by atoms with Crippen molar-refractivity contribution in [3.8, 4) is 0 Å². The van der Waals surface area contributed by atoms with Gasteiger partial charge in [0.15, 0.2) is 0 Å². The Morgan fingerprint density at radius 2 is 2.04 bits per heavy atom. The van der Waals surface area contributed by atoms with E-state index >= 15 is 0 Å². The summed E-state index contributed by atoms with van der Waals surface area (Å²) in [5.74, 6) is 0.764. The number of nitrogens with one attached hydrogen (secondary N) is 1. The molecule has 1 atom stereocenters. The summed E-state index contributed by atoms with van der Waals surface area (Å²) >= 11 is 0. The zero-order valence-corrected chi connectivity index (χ0v) is 14.9. The van der Waals surface area contributed by atoms with Crippen molar-refractivity contribution in [2.24, 2.45) is 0 Å². The number of rotatable bonds is 5. The fraction of sp³-hybridized carbons (Fsp3) is 0.500. The minimum atomic E-state index is -0.0590. The quantitative estimate of drug-likeness (QED) is 0.907. The van der Waals surface area contributed by atoms with E-state index in [0.29, 0.717) is 13.1 Å². The van der Waals surface area contributed by atoms with Gasteiger partial charge in [-0.05, 0) is 25.5 Å². The first kappa shape index (κ1) is 17.3. The average molecular weight is 342 g/mol. The molecular formula is C18H26N6O. The van der Waals surface area contributed by atoms with Gasteiger partial charge in [0.2, 0.25) is 0 Å². The van der Waals surface area contributed by atoms with E-state index in [0.717, 1.165) is 37.4 Å². The molecule has 1 saturated heterocycles. The number of urea groups is 1. The van der Waals surface area contributed by atoms with Gasteiger partial charge in [-0.15, -0.1) is 0 Å². The fourth-order valence-corrected chi connectivity index (χ4v) is 3.20. The first-order valence-electron chi connectivity index (χ1n) is 8.93. The maximum absolute atomic E-state index is 12.6. The first-order chi connectivity index (χ1) is 12.2. The second kappa shape index (κ2) is 8.00. The van der Waals surface area contributed by atoms with Gasteiger partial charge >= 0.3 is 6.03 Å². The molecule has 0 unspecified atom stereocenters. The van der Waals surface area contributed by atoms with Crippen molar-refractivity contribution >= 4 is 17.5 Å². The minimum Gasteiger partial charge on any atom is -0.367 e. The van der Waals surface area contributed by atoms with Gasteiger partial charge in [0.25, 0.3) is 0 Å². The lowest BCUT2D eigenvalue weighted by molar-refractivity contribution is 0.208. The highest BCUT2D eigenvalue weighted by molar-refractivity contribution is 5.88. The third-order valence-electron chi connectivity index (χ3n) is 4.61. The number of carbonyl (C=O) groups excluding carboxylic acids is 1. The molecule has 3 rings (SSSR count). The number of hydrogen-bond acceptors (Lipinski definition) is 4. The highest BCUT2D eigenvalue weighted by Crippen LogP contribution is 2.19. The van der Waals surface area contributed by atoms with Crippen molar-refractivity contribution in [3.05, 3.63) is 36.8 Å². The average Bonchev–Trinajstić information content (AvgIpc) is 3.11. The molecule has 25 heavy (non-hydrogen) atoms. The van der Waals surface area contributed by atoms with Gasteiger partial charge in [0, 0.05) is 38.4 Å². The normalized spacial score (nSPS) is 15.9. The van der Waals surface area contributed by atoms with E-state index in [1.807, 2.05) is 27.9 Å². The van der Waals surface area contributed by atoms with Crippen LogP contribution in [0.5, 0.6) is 0 Å². The van der Waals surface area contributed by atoms with Gasteiger partial charge in [-0.2, -0.15) is 5.10 Å². The third kappa shape index (κ3) is 4.10. The number of piperazine rings is 1. The topological polar surface area (TPSA) is 66.3 Å². The Hall–Kier alpha value is -2.57. The number of nitrogens with zero attached hydrogens (tertiary/aromatic N) is 5. The molecule has 7 heteroatoms. The van der Waals surface area contributed by atoms with Gasteiger partial charge < -0.3 is 9.80 Å². The lowest BCUT2D eigenvalue weighted by Crippen LogP contribution is -2.50. The Morgan fingerprint density at radius 1 is 1.24 bits per heavy atom. The van der Waals surface area contributed by atoms with Gasteiger partial charge in [-0.25, -0.2) is 9.48 Å². The largest absolute Gasteiger partial charge is 0.367 e. The molecule has 1 N–H and O–H groups in total. The molecule has 2 aromatic rings. The van der Waals surface area contributed by atoms with Crippen molar-refractivity contribution in [3.63, 3.8) is 0 Å². The second-order valence-corrected chi connectivity index (χ2v) is 6.41. The number of pyridine rings is 1. The molecule has 2 amide bonds. The molecular weight excluding hydrogens is 316 g/mol. The van der Waals surface area contributed by atoms with Crippen LogP contribution in [0.1, 0.15) is 32.7 Å². The SMILES string of the molecule is CCC[C@H](C)n1nccc1NC(=O)N1CCN(c2cccnc2)CC1. The molecule has 7 nitrogen and oxygen atoms in total. The predicted octanol–water partition coefficient (Wildman–Crippen LogP) is 2.99. The first-order valence-corrected chi connectivity index (χ1v) is 8.93. The summed E-state index contributed by atoms with van der Waals surface area (Å²) in [6.45, 7) is 7.28. The van der Waals surface area contributed by atoms with Crippen LogP contribution in [0.4, 0.5) is 16.3 Å². The van der Waals surface area contributed by atoms with Crippen molar-refractivity contribution in [2.45, 2.75) is 32.7 Å². The molecule has 0 radical (unpaired) electrons. The van der Waals surface area contributed by atoms with Crippen LogP contribution in [-0.2, 0) is 0 Å². The summed E-state index contributed by atoms with van der Waals surface area (Å²) in [6, 6.07) is 6.06. The van der Waals surface area contributed by atoms with Crippen LogP contribution >= 0.6 is 0 Å². The number of aromatic nitrogens is 3. The van der Waals surface area contributed by atoms with Gasteiger partial charge in [-0.1, -0.05) is 13.3 Å². The van der Waals surface area contributed by atoms with Crippen LogP contribution in [0.15, 0.2) is 36.8 Å². The van der Waals surface area contributed by atoms with Crippen molar-refractivity contribution < 1.29 is 4.79 Å². The number of anilines is 2. The van der Waals surface area contributed by atoms with Crippen molar-refractivity contribution in [2.75, 3.05) is 36.4 Å². The van der Waals surface area contributed by atoms with Crippen LogP contribution in [0.3, 0.4) is 0 Å². The molecule has 0 aliphatic carbocycles. The molecule has 0 aromatic carbocycles. The van der Waals surface area contributed by atoms with E-state index < -0.39 is 0 Å². The Bertz CT molecular complexity index is 678. The molecule has 0 saturated carbocycles. The lowest BCUT2D eigenvalue weighted by atomic mass is 10.2. The molecule has 2 aromatic heterocycles. The second-order valence-electron chi connectivity index (χ2n) is 6.41. The maximum atomic E-state index is 12.6. The molecule has 1 aliphatic rings. The smallest absolute Gasteiger partial charge is 0.323 e. The number of hydrogen-bond donors (Lipinski definition) is 1. The van der Waals surface area contributed by atoms with E-state index in [4.69, 9.17) is 0 Å². The van der Waals surface area contributed by atoms with Gasteiger partial charge in [-0.3, -0.25) is 10.3 Å². The van der Waals surface area contributed by atoms with Crippen LogP contribution in [0.25, 0.3) is 0 Å². The third-order valence-corrected chi connectivity index (χ3v) is 4.61. The fourth-order valence-electron chi connectivity index (χ4n) is 3.20. The van der Waals surface area contributed by atoms with E-state index in [2.05, 4.69) is 40.2 Å². The summed E-state index contributed by atoms with van der Waals surface area (Å²) in [5.41, 5.74) is 1.11.